The maximum atomic E-state index is 12.4. The van der Waals surface area contributed by atoms with E-state index < -0.39 is 0 Å². The van der Waals surface area contributed by atoms with Crippen LogP contribution in [0.3, 0.4) is 0 Å². The van der Waals surface area contributed by atoms with E-state index in [-0.39, 0.29) is 5.91 Å². The first-order chi connectivity index (χ1) is 9.74. The summed E-state index contributed by atoms with van der Waals surface area (Å²) in [6.07, 6.45) is 1.74. The predicted octanol–water partition coefficient (Wildman–Crippen LogP) is 3.40. The molecule has 3 rings (SSSR count). The van der Waals surface area contributed by atoms with Crippen LogP contribution in [0.4, 0.5) is 5.69 Å². The van der Waals surface area contributed by atoms with Crippen molar-refractivity contribution in [3.63, 3.8) is 0 Å². The van der Waals surface area contributed by atoms with Crippen molar-refractivity contribution in [1.82, 2.24) is 9.78 Å². The number of hydrogen-bond acceptors (Lipinski definition) is 3. The Labute approximate surface area is 120 Å². The zero-order valence-electron chi connectivity index (χ0n) is 10.9. The van der Waals surface area contributed by atoms with Gasteiger partial charge in [-0.15, -0.1) is 11.3 Å². The number of hydrogen-bond donors (Lipinski definition) is 1. The molecule has 0 unspecified atom stereocenters. The zero-order valence-corrected chi connectivity index (χ0v) is 11.7. The van der Waals surface area contributed by atoms with Gasteiger partial charge in [0.15, 0.2) is 0 Å². The molecule has 20 heavy (non-hydrogen) atoms. The van der Waals surface area contributed by atoms with Gasteiger partial charge in [-0.05, 0) is 23.6 Å². The zero-order chi connectivity index (χ0) is 13.9. The number of aromatic nitrogens is 2. The van der Waals surface area contributed by atoms with Crippen LogP contribution < -0.4 is 5.32 Å². The highest BCUT2D eigenvalue weighted by molar-refractivity contribution is 7.13. The van der Waals surface area contributed by atoms with Crippen LogP contribution in [0.25, 0.3) is 10.6 Å². The van der Waals surface area contributed by atoms with Gasteiger partial charge in [0.2, 0.25) is 0 Å². The third-order valence-electron chi connectivity index (χ3n) is 2.86. The van der Waals surface area contributed by atoms with E-state index in [4.69, 9.17) is 0 Å². The average Bonchev–Trinajstić information content (AvgIpc) is 3.08. The Hall–Kier alpha value is -2.40. The van der Waals surface area contributed by atoms with Gasteiger partial charge < -0.3 is 5.32 Å². The van der Waals surface area contributed by atoms with E-state index in [1.54, 1.807) is 22.2 Å². The van der Waals surface area contributed by atoms with Gasteiger partial charge in [0.1, 0.15) is 5.69 Å². The molecular formula is C15H13N3OS. The van der Waals surface area contributed by atoms with Crippen LogP contribution in [-0.2, 0) is 7.05 Å². The number of para-hydroxylation sites is 1. The van der Waals surface area contributed by atoms with Crippen molar-refractivity contribution in [3.8, 4) is 10.6 Å². The summed E-state index contributed by atoms with van der Waals surface area (Å²) in [6, 6.07) is 13.3. The molecule has 0 radical (unpaired) electrons. The number of amides is 1. The lowest BCUT2D eigenvalue weighted by atomic mass is 10.2. The third kappa shape index (κ3) is 2.48. The van der Waals surface area contributed by atoms with Crippen LogP contribution in [0.2, 0.25) is 0 Å². The molecule has 0 fully saturated rings. The summed E-state index contributed by atoms with van der Waals surface area (Å²) >= 11 is 1.57. The van der Waals surface area contributed by atoms with E-state index >= 15 is 0 Å². The molecule has 0 spiro atoms. The first kappa shape index (κ1) is 12.6. The molecule has 0 saturated heterocycles. The molecule has 100 valence electrons. The third-order valence-corrected chi connectivity index (χ3v) is 3.74. The minimum Gasteiger partial charge on any atom is -0.322 e. The summed E-state index contributed by atoms with van der Waals surface area (Å²) in [5, 5.41) is 9.24. The van der Waals surface area contributed by atoms with E-state index in [0.29, 0.717) is 5.56 Å². The topological polar surface area (TPSA) is 46.9 Å². The fraction of sp³-hybridized carbons (Fsp3) is 0.0667. The maximum absolute atomic E-state index is 12.4. The van der Waals surface area contributed by atoms with Crippen molar-refractivity contribution in [3.05, 3.63) is 59.6 Å². The Morgan fingerprint density at radius 1 is 1.20 bits per heavy atom. The number of nitrogens with one attached hydrogen (secondary N) is 1. The smallest absolute Gasteiger partial charge is 0.259 e. The minimum atomic E-state index is -0.146. The second kappa shape index (κ2) is 5.30. The van der Waals surface area contributed by atoms with Crippen LogP contribution in [0.5, 0.6) is 0 Å². The molecule has 4 nitrogen and oxygen atoms in total. The summed E-state index contributed by atoms with van der Waals surface area (Å²) in [7, 11) is 1.82. The van der Waals surface area contributed by atoms with Gasteiger partial charge in [-0.25, -0.2) is 0 Å². The average molecular weight is 283 g/mol. The molecule has 1 aromatic carbocycles. The SMILES string of the molecule is Cn1cc(C(=O)Nc2ccccc2)c(-c2cccs2)n1. The van der Waals surface area contributed by atoms with Gasteiger partial charge in [-0.2, -0.15) is 5.10 Å². The molecule has 3 aromatic rings. The molecule has 0 aliphatic rings. The fourth-order valence-corrected chi connectivity index (χ4v) is 2.69. The van der Waals surface area contributed by atoms with Gasteiger partial charge in [0.25, 0.3) is 5.91 Å². The first-order valence-corrected chi connectivity index (χ1v) is 7.06. The van der Waals surface area contributed by atoms with Crippen molar-refractivity contribution in [2.24, 2.45) is 7.05 Å². The lowest BCUT2D eigenvalue weighted by Gasteiger charge is -2.04. The minimum absolute atomic E-state index is 0.146. The van der Waals surface area contributed by atoms with Gasteiger partial charge in [-0.3, -0.25) is 9.48 Å². The summed E-state index contributed by atoms with van der Waals surface area (Å²) in [4.78, 5) is 13.4. The Morgan fingerprint density at radius 2 is 2.00 bits per heavy atom. The number of aryl methyl sites for hydroxylation is 1. The van der Waals surface area contributed by atoms with Gasteiger partial charge in [0, 0.05) is 18.9 Å². The van der Waals surface area contributed by atoms with E-state index in [0.717, 1.165) is 16.3 Å². The molecule has 0 saturated carbocycles. The highest BCUT2D eigenvalue weighted by Gasteiger charge is 2.17. The summed E-state index contributed by atoms with van der Waals surface area (Å²) < 4.78 is 1.66. The van der Waals surface area contributed by atoms with E-state index in [2.05, 4.69) is 10.4 Å². The van der Waals surface area contributed by atoms with E-state index in [1.165, 1.54) is 0 Å². The number of anilines is 1. The fourth-order valence-electron chi connectivity index (χ4n) is 1.97. The van der Waals surface area contributed by atoms with Crippen molar-refractivity contribution in [1.29, 1.82) is 0 Å². The Morgan fingerprint density at radius 3 is 2.70 bits per heavy atom. The largest absolute Gasteiger partial charge is 0.322 e. The predicted molar refractivity (Wildman–Crippen MR) is 80.9 cm³/mol. The Kier molecular flexibility index (Phi) is 3.35. The molecule has 2 aromatic heterocycles. The Bertz CT molecular complexity index is 717. The van der Waals surface area contributed by atoms with Crippen molar-refractivity contribution in [2.45, 2.75) is 0 Å². The lowest BCUT2D eigenvalue weighted by molar-refractivity contribution is 0.102. The van der Waals surface area contributed by atoms with E-state index in [9.17, 15) is 4.79 Å². The molecule has 0 bridgehead atoms. The van der Waals surface area contributed by atoms with Gasteiger partial charge >= 0.3 is 0 Å². The molecule has 2 heterocycles. The second-order valence-electron chi connectivity index (χ2n) is 4.36. The lowest BCUT2D eigenvalue weighted by Crippen LogP contribution is -2.11. The Balaban J connectivity index is 1.92. The molecule has 1 N–H and O–H groups in total. The van der Waals surface area contributed by atoms with Gasteiger partial charge in [-0.1, -0.05) is 24.3 Å². The normalized spacial score (nSPS) is 10.4. The maximum Gasteiger partial charge on any atom is 0.259 e. The molecule has 1 amide bonds. The molecular weight excluding hydrogens is 270 g/mol. The van der Waals surface area contributed by atoms with Gasteiger partial charge in [0.05, 0.1) is 10.4 Å². The number of thiophene rings is 1. The number of benzene rings is 1. The van der Waals surface area contributed by atoms with Crippen LogP contribution in [0.1, 0.15) is 10.4 Å². The van der Waals surface area contributed by atoms with Crippen LogP contribution in [-0.4, -0.2) is 15.7 Å². The summed E-state index contributed by atoms with van der Waals surface area (Å²) in [5.74, 6) is -0.146. The standard InChI is InChI=1S/C15H13N3OS/c1-18-10-12(14(17-18)13-8-5-9-20-13)15(19)16-11-6-3-2-4-7-11/h2-10H,1H3,(H,16,19). The molecule has 0 aliphatic heterocycles. The van der Waals surface area contributed by atoms with Crippen molar-refractivity contribution in [2.75, 3.05) is 5.32 Å². The number of rotatable bonds is 3. The monoisotopic (exact) mass is 283 g/mol. The molecule has 0 atom stereocenters. The second-order valence-corrected chi connectivity index (χ2v) is 5.31. The summed E-state index contributed by atoms with van der Waals surface area (Å²) in [5.41, 5.74) is 2.08. The number of carbonyl (C=O) groups is 1. The van der Waals surface area contributed by atoms with Crippen LogP contribution in [0, 0.1) is 0 Å². The van der Waals surface area contributed by atoms with Crippen molar-refractivity contribution >= 4 is 22.9 Å². The van der Waals surface area contributed by atoms with Crippen LogP contribution >= 0.6 is 11.3 Å². The highest BCUT2D eigenvalue weighted by atomic mass is 32.1. The molecule has 0 aliphatic carbocycles. The van der Waals surface area contributed by atoms with Crippen LogP contribution in [0.15, 0.2) is 54.0 Å². The first-order valence-electron chi connectivity index (χ1n) is 6.18. The number of nitrogens with zero attached hydrogens (tertiary/aromatic N) is 2. The van der Waals surface area contributed by atoms with E-state index in [1.807, 2.05) is 54.9 Å². The quantitative estimate of drug-likeness (QED) is 0.800. The van der Waals surface area contributed by atoms with Crippen molar-refractivity contribution < 1.29 is 4.79 Å². The molecule has 5 heteroatoms. The summed E-state index contributed by atoms with van der Waals surface area (Å²) in [6.45, 7) is 0. The highest BCUT2D eigenvalue weighted by Crippen LogP contribution is 2.27. The number of carbonyl (C=O) groups excluding carboxylic acids is 1.